The highest BCUT2D eigenvalue weighted by Crippen LogP contribution is 2.33. The number of rotatable bonds is 18. The molecule has 4 N–H and O–H groups in total. The molecule has 3 unspecified atom stereocenters. The molecule has 1 aromatic carbocycles. The number of methoxy groups -OCH3 is 1. The third kappa shape index (κ3) is 10.3. The summed E-state index contributed by atoms with van der Waals surface area (Å²) in [5.74, 6) is 1.03. The number of hydrogen-bond donors (Lipinski definition) is 3. The first-order valence-electron chi connectivity index (χ1n) is 14.8. The number of nitrogens with two attached hydrogens (primary N) is 1. The van der Waals surface area contributed by atoms with E-state index < -0.39 is 6.10 Å². The first-order valence-corrected chi connectivity index (χ1v) is 14.8. The van der Waals surface area contributed by atoms with Gasteiger partial charge < -0.3 is 25.4 Å². The Bertz CT molecular complexity index is 1260. The van der Waals surface area contributed by atoms with Crippen LogP contribution in [0.3, 0.4) is 0 Å². The van der Waals surface area contributed by atoms with Gasteiger partial charge in [0.25, 0.3) is 0 Å². The number of aromatic hydroxyl groups is 1. The summed E-state index contributed by atoms with van der Waals surface area (Å²) in [6.07, 6.45) is 8.91. The quantitative estimate of drug-likeness (QED) is 0.201. The molecule has 0 spiro atoms. The molecule has 1 aromatic heterocycles. The molecule has 0 radical (unpaired) electrons. The highest BCUT2D eigenvalue weighted by Gasteiger charge is 2.23. The number of ketones is 1. The Balaban J connectivity index is 1.59. The van der Waals surface area contributed by atoms with Crippen LogP contribution in [0.4, 0.5) is 5.82 Å². The number of aliphatic hydroxyl groups is 1. The zero-order valence-corrected chi connectivity index (χ0v) is 25.1. The number of carbonyl (C=O) groups excluding carboxylic acids is 2. The molecular formula is C33H45N3O6. The molecule has 1 aliphatic rings. The van der Waals surface area contributed by atoms with Crippen molar-refractivity contribution in [3.8, 4) is 11.5 Å². The summed E-state index contributed by atoms with van der Waals surface area (Å²) < 4.78 is 10.7. The van der Waals surface area contributed by atoms with Crippen molar-refractivity contribution in [1.29, 1.82) is 0 Å². The molecular weight excluding hydrogens is 534 g/mol. The zero-order chi connectivity index (χ0) is 30.5. The predicted octanol–water partition coefficient (Wildman–Crippen LogP) is 5.34. The van der Waals surface area contributed by atoms with Crippen molar-refractivity contribution in [3.05, 3.63) is 58.8 Å². The Morgan fingerprint density at radius 1 is 1.12 bits per heavy atom. The number of aryl methyl sites for hydroxylation is 1. The average molecular weight is 580 g/mol. The minimum absolute atomic E-state index is 0.0286. The van der Waals surface area contributed by atoms with Gasteiger partial charge in [-0.25, -0.2) is 4.98 Å². The van der Waals surface area contributed by atoms with Crippen molar-refractivity contribution >= 4 is 23.8 Å². The van der Waals surface area contributed by atoms with Gasteiger partial charge in [0.1, 0.15) is 17.7 Å². The lowest BCUT2D eigenvalue weighted by atomic mass is 9.85. The van der Waals surface area contributed by atoms with E-state index in [1.165, 1.54) is 25.2 Å². The Hall–Kier alpha value is -3.72. The van der Waals surface area contributed by atoms with Crippen LogP contribution >= 0.6 is 0 Å². The van der Waals surface area contributed by atoms with Crippen LogP contribution in [0, 0.1) is 5.92 Å². The van der Waals surface area contributed by atoms with E-state index >= 15 is 0 Å². The zero-order valence-electron chi connectivity index (χ0n) is 25.1. The third-order valence-electron chi connectivity index (χ3n) is 7.94. The van der Waals surface area contributed by atoms with Gasteiger partial charge in [-0.2, -0.15) is 0 Å². The fourth-order valence-corrected chi connectivity index (χ4v) is 5.55. The van der Waals surface area contributed by atoms with Crippen LogP contribution in [0.1, 0.15) is 82.3 Å². The van der Waals surface area contributed by atoms with E-state index in [1.54, 1.807) is 24.4 Å². The molecule has 2 heterocycles. The number of phenolic OH excluding ortho intramolecular Hbond substituents is 1. The van der Waals surface area contributed by atoms with Crippen molar-refractivity contribution in [2.75, 3.05) is 26.0 Å². The van der Waals surface area contributed by atoms with Crippen molar-refractivity contribution in [3.63, 3.8) is 0 Å². The van der Waals surface area contributed by atoms with Crippen LogP contribution in [-0.2, 0) is 20.7 Å². The van der Waals surface area contributed by atoms with Crippen molar-refractivity contribution in [2.45, 2.75) is 83.7 Å². The molecule has 9 nitrogen and oxygen atoms in total. The molecule has 42 heavy (non-hydrogen) atoms. The van der Waals surface area contributed by atoms with Gasteiger partial charge in [0, 0.05) is 38.8 Å². The SMILES string of the molecule is CCC(CCC(CC(=O)CCc1ccc(O)c(OC)c1)OC(C)=O)CC1=C(CC(CCO)c2ccnc(N)c2)CN=C1. The Kier molecular flexibility index (Phi) is 13.0. The number of allylic oxidation sites excluding steroid dienone is 1. The molecule has 228 valence electrons. The van der Waals surface area contributed by atoms with Crippen LogP contribution in [0.5, 0.6) is 11.5 Å². The van der Waals surface area contributed by atoms with Gasteiger partial charge >= 0.3 is 5.97 Å². The van der Waals surface area contributed by atoms with Crippen molar-refractivity contribution < 1.29 is 29.3 Å². The van der Waals surface area contributed by atoms with E-state index in [9.17, 15) is 19.8 Å². The summed E-state index contributed by atoms with van der Waals surface area (Å²) in [7, 11) is 1.49. The fraction of sp³-hybridized carbons (Fsp3) is 0.515. The van der Waals surface area contributed by atoms with Crippen LogP contribution in [0.2, 0.25) is 0 Å². The molecule has 0 aliphatic carbocycles. The lowest BCUT2D eigenvalue weighted by molar-refractivity contribution is -0.148. The maximum Gasteiger partial charge on any atom is 0.302 e. The summed E-state index contributed by atoms with van der Waals surface area (Å²) in [5, 5.41) is 19.5. The molecule has 0 bridgehead atoms. The number of ether oxygens (including phenoxy) is 2. The standard InChI is InChI=1S/C33H45N3O6/c1-4-23(15-27-20-35-21-28(27)17-26(12-14-37)25-11-13-36-33(34)18-25)6-9-30(42-22(2)38)19-29(39)8-5-24-7-10-31(40)32(16-24)41-3/h7,10-11,13,16,18,20,23,26,30,37,40H,4-6,8-9,12,14-15,17,19,21H2,1-3H3,(H2,34,36). The van der Waals surface area contributed by atoms with Gasteiger partial charge in [-0.15, -0.1) is 0 Å². The van der Waals surface area contributed by atoms with Crippen LogP contribution in [0.15, 0.2) is 52.7 Å². The molecule has 0 fully saturated rings. The van der Waals surface area contributed by atoms with E-state index in [1.807, 2.05) is 18.3 Å². The first kappa shape index (κ1) is 32.8. The van der Waals surface area contributed by atoms with Gasteiger partial charge in [-0.3, -0.25) is 14.6 Å². The number of benzene rings is 1. The lowest BCUT2D eigenvalue weighted by Crippen LogP contribution is -2.22. The van der Waals surface area contributed by atoms with E-state index in [0.29, 0.717) is 49.7 Å². The first-order chi connectivity index (χ1) is 20.2. The third-order valence-corrected chi connectivity index (χ3v) is 7.94. The van der Waals surface area contributed by atoms with E-state index in [4.69, 9.17) is 15.2 Å². The molecule has 3 rings (SSSR count). The summed E-state index contributed by atoms with van der Waals surface area (Å²) in [4.78, 5) is 33.3. The molecule has 0 amide bonds. The number of nitrogen functional groups attached to an aromatic ring is 1. The molecule has 2 aromatic rings. The maximum absolute atomic E-state index is 12.8. The van der Waals surface area contributed by atoms with Crippen molar-refractivity contribution in [1.82, 2.24) is 4.98 Å². The van der Waals surface area contributed by atoms with Crippen LogP contribution in [0.25, 0.3) is 0 Å². The molecule has 0 saturated carbocycles. The summed E-state index contributed by atoms with van der Waals surface area (Å²) in [5.41, 5.74) is 10.4. The summed E-state index contributed by atoms with van der Waals surface area (Å²) in [6.45, 7) is 4.28. The average Bonchev–Trinajstić information content (AvgIpc) is 3.40. The summed E-state index contributed by atoms with van der Waals surface area (Å²) in [6, 6.07) is 8.89. The second-order valence-electron chi connectivity index (χ2n) is 11.1. The number of esters is 1. The second-order valence-corrected chi connectivity index (χ2v) is 11.1. The number of carbonyl (C=O) groups is 2. The van der Waals surface area contributed by atoms with Gasteiger partial charge in [-0.05, 0) is 96.9 Å². The largest absolute Gasteiger partial charge is 0.504 e. The minimum Gasteiger partial charge on any atom is -0.504 e. The van der Waals surface area contributed by atoms with Crippen LogP contribution < -0.4 is 10.5 Å². The number of Topliss-reactive ketones (excluding diaryl/α,β-unsaturated/α-hetero) is 1. The monoisotopic (exact) mass is 579 g/mol. The fourth-order valence-electron chi connectivity index (χ4n) is 5.55. The predicted molar refractivity (Wildman–Crippen MR) is 164 cm³/mol. The molecule has 3 atom stereocenters. The minimum atomic E-state index is -0.463. The number of anilines is 1. The topological polar surface area (TPSA) is 144 Å². The highest BCUT2D eigenvalue weighted by molar-refractivity contribution is 5.82. The van der Waals surface area contributed by atoms with E-state index in [0.717, 1.165) is 36.8 Å². The Morgan fingerprint density at radius 3 is 2.62 bits per heavy atom. The molecule has 9 heteroatoms. The highest BCUT2D eigenvalue weighted by atomic mass is 16.5. The number of aliphatic imine (C=N–C) groups is 1. The number of hydrogen-bond acceptors (Lipinski definition) is 9. The Morgan fingerprint density at radius 2 is 1.93 bits per heavy atom. The van der Waals surface area contributed by atoms with Gasteiger partial charge in [0.15, 0.2) is 11.5 Å². The van der Waals surface area contributed by atoms with Crippen molar-refractivity contribution in [2.24, 2.45) is 10.9 Å². The van der Waals surface area contributed by atoms with Crippen LogP contribution in [-0.4, -0.2) is 59.5 Å². The number of phenols is 1. The second kappa shape index (κ2) is 16.7. The Labute approximate surface area is 248 Å². The van der Waals surface area contributed by atoms with Gasteiger partial charge in [0.2, 0.25) is 0 Å². The maximum atomic E-state index is 12.8. The molecule has 0 saturated heterocycles. The van der Waals surface area contributed by atoms with E-state index in [2.05, 4.69) is 16.9 Å². The smallest absolute Gasteiger partial charge is 0.302 e. The number of aromatic nitrogens is 1. The van der Waals surface area contributed by atoms with E-state index in [-0.39, 0.29) is 36.4 Å². The molecule has 1 aliphatic heterocycles. The normalized spacial score (nSPS) is 15.0. The van der Waals surface area contributed by atoms with Gasteiger partial charge in [-0.1, -0.05) is 19.4 Å². The number of nitrogens with zero attached hydrogens (tertiary/aromatic N) is 2. The number of pyridine rings is 1. The number of aliphatic hydroxyl groups excluding tert-OH is 1. The lowest BCUT2D eigenvalue weighted by Gasteiger charge is -2.22. The van der Waals surface area contributed by atoms with Gasteiger partial charge in [0.05, 0.1) is 13.7 Å². The summed E-state index contributed by atoms with van der Waals surface area (Å²) >= 11 is 0.